The van der Waals surface area contributed by atoms with Crippen LogP contribution in [0.15, 0.2) is 18.3 Å². The third-order valence-corrected chi connectivity index (χ3v) is 2.16. The molecule has 0 radical (unpaired) electrons. The summed E-state index contributed by atoms with van der Waals surface area (Å²) in [6.07, 6.45) is 1.27. The van der Waals surface area contributed by atoms with E-state index in [0.29, 0.717) is 6.61 Å². The van der Waals surface area contributed by atoms with Gasteiger partial charge in [-0.05, 0) is 0 Å². The standard InChI is InChI=1S/C10H13N3O5/c1-18-5-4-12(7-10(14)15)9-6-8(13(16)17)2-3-11-9/h2-3,6H,4-5,7H2,1H3,(H,14,15). The summed E-state index contributed by atoms with van der Waals surface area (Å²) in [6.45, 7) is 0.298. The first-order valence-electron chi connectivity index (χ1n) is 5.10. The number of aliphatic carboxylic acids is 1. The zero-order valence-electron chi connectivity index (χ0n) is 9.78. The second-order valence-corrected chi connectivity index (χ2v) is 3.44. The number of carbonyl (C=O) groups is 1. The molecule has 1 aromatic heterocycles. The van der Waals surface area contributed by atoms with Crippen LogP contribution in [0.4, 0.5) is 11.5 Å². The number of anilines is 1. The summed E-state index contributed by atoms with van der Waals surface area (Å²) in [7, 11) is 1.49. The van der Waals surface area contributed by atoms with Gasteiger partial charge in [0.25, 0.3) is 5.69 Å². The van der Waals surface area contributed by atoms with E-state index < -0.39 is 10.9 Å². The molecule has 0 aromatic carbocycles. The van der Waals surface area contributed by atoms with Crippen LogP contribution in [0.5, 0.6) is 0 Å². The number of nitrogens with zero attached hydrogens (tertiary/aromatic N) is 3. The molecule has 18 heavy (non-hydrogen) atoms. The minimum Gasteiger partial charge on any atom is -0.480 e. The molecule has 0 unspecified atom stereocenters. The third kappa shape index (κ3) is 3.98. The molecule has 0 atom stereocenters. The average Bonchev–Trinajstić information content (AvgIpc) is 2.34. The highest BCUT2D eigenvalue weighted by atomic mass is 16.6. The molecular weight excluding hydrogens is 242 g/mol. The lowest BCUT2D eigenvalue weighted by Crippen LogP contribution is -2.33. The Hall–Kier alpha value is -2.22. The second kappa shape index (κ2) is 6.50. The van der Waals surface area contributed by atoms with Gasteiger partial charge in [-0.2, -0.15) is 0 Å². The summed E-state index contributed by atoms with van der Waals surface area (Å²) in [5.74, 6) is -0.803. The lowest BCUT2D eigenvalue weighted by atomic mass is 10.3. The molecule has 0 spiro atoms. The lowest BCUT2D eigenvalue weighted by molar-refractivity contribution is -0.384. The maximum absolute atomic E-state index is 10.7. The molecule has 98 valence electrons. The van der Waals surface area contributed by atoms with Crippen molar-refractivity contribution in [1.29, 1.82) is 0 Å². The second-order valence-electron chi connectivity index (χ2n) is 3.44. The number of nitro groups is 1. The maximum Gasteiger partial charge on any atom is 0.323 e. The predicted molar refractivity (Wildman–Crippen MR) is 62.6 cm³/mol. The van der Waals surface area contributed by atoms with E-state index in [1.54, 1.807) is 0 Å². The van der Waals surface area contributed by atoms with Crippen LogP contribution in [0.1, 0.15) is 0 Å². The molecule has 1 rings (SSSR count). The quantitative estimate of drug-likeness (QED) is 0.559. The molecular formula is C10H13N3O5. The molecule has 0 saturated carbocycles. The van der Waals surface area contributed by atoms with Crippen molar-refractivity contribution in [1.82, 2.24) is 4.98 Å². The topological polar surface area (TPSA) is 106 Å². The molecule has 0 bridgehead atoms. The van der Waals surface area contributed by atoms with Gasteiger partial charge in [0.2, 0.25) is 0 Å². The molecule has 0 aliphatic rings. The van der Waals surface area contributed by atoms with Crippen molar-refractivity contribution in [2.45, 2.75) is 0 Å². The number of carboxylic acids is 1. The van der Waals surface area contributed by atoms with Crippen molar-refractivity contribution < 1.29 is 19.6 Å². The third-order valence-electron chi connectivity index (χ3n) is 2.16. The first-order valence-corrected chi connectivity index (χ1v) is 5.10. The fourth-order valence-electron chi connectivity index (χ4n) is 1.33. The van der Waals surface area contributed by atoms with Gasteiger partial charge in [-0.25, -0.2) is 4.98 Å². The van der Waals surface area contributed by atoms with E-state index in [2.05, 4.69) is 4.98 Å². The number of methoxy groups -OCH3 is 1. The van der Waals surface area contributed by atoms with E-state index in [0.717, 1.165) is 0 Å². The van der Waals surface area contributed by atoms with Crippen LogP contribution in [0, 0.1) is 10.1 Å². The fourth-order valence-corrected chi connectivity index (χ4v) is 1.33. The minimum atomic E-state index is -1.04. The Morgan fingerprint density at radius 3 is 2.94 bits per heavy atom. The van der Waals surface area contributed by atoms with Crippen LogP contribution in [-0.2, 0) is 9.53 Å². The minimum absolute atomic E-state index is 0.132. The summed E-state index contributed by atoms with van der Waals surface area (Å²) in [5, 5.41) is 19.4. The first-order chi connectivity index (χ1) is 8.54. The number of pyridine rings is 1. The summed E-state index contributed by atoms with van der Waals surface area (Å²) in [5.41, 5.74) is -0.132. The van der Waals surface area contributed by atoms with Gasteiger partial charge >= 0.3 is 5.97 Å². The van der Waals surface area contributed by atoms with Crippen LogP contribution in [-0.4, -0.2) is 47.8 Å². The molecule has 1 heterocycles. The monoisotopic (exact) mass is 255 g/mol. The number of hydrogen-bond acceptors (Lipinski definition) is 6. The van der Waals surface area contributed by atoms with Crippen molar-refractivity contribution >= 4 is 17.5 Å². The Labute approximate surface area is 103 Å². The number of ether oxygens (including phenoxy) is 1. The zero-order valence-corrected chi connectivity index (χ0v) is 9.78. The number of rotatable bonds is 7. The average molecular weight is 255 g/mol. The highest BCUT2D eigenvalue weighted by molar-refractivity contribution is 5.73. The molecule has 1 aromatic rings. The largest absolute Gasteiger partial charge is 0.480 e. The van der Waals surface area contributed by atoms with Crippen LogP contribution < -0.4 is 4.90 Å². The Kier molecular flexibility index (Phi) is 5.00. The van der Waals surface area contributed by atoms with Crippen molar-refractivity contribution in [3.05, 3.63) is 28.4 Å². The zero-order chi connectivity index (χ0) is 13.5. The van der Waals surface area contributed by atoms with Gasteiger partial charge in [-0.15, -0.1) is 0 Å². The Morgan fingerprint density at radius 2 is 2.39 bits per heavy atom. The lowest BCUT2D eigenvalue weighted by Gasteiger charge is -2.20. The van der Waals surface area contributed by atoms with E-state index in [1.165, 1.54) is 30.3 Å². The number of aromatic nitrogens is 1. The van der Waals surface area contributed by atoms with E-state index in [4.69, 9.17) is 9.84 Å². The van der Waals surface area contributed by atoms with Crippen LogP contribution in [0.3, 0.4) is 0 Å². The molecule has 8 nitrogen and oxygen atoms in total. The van der Waals surface area contributed by atoms with E-state index in [1.807, 2.05) is 0 Å². The first kappa shape index (κ1) is 13.8. The highest BCUT2D eigenvalue weighted by Crippen LogP contribution is 2.17. The van der Waals surface area contributed by atoms with Crippen LogP contribution >= 0.6 is 0 Å². The van der Waals surface area contributed by atoms with E-state index in [-0.39, 0.29) is 24.6 Å². The van der Waals surface area contributed by atoms with Crippen molar-refractivity contribution in [3.8, 4) is 0 Å². The predicted octanol–water partition coefficient (Wildman–Crippen LogP) is 0.527. The summed E-state index contributed by atoms with van der Waals surface area (Å²) in [4.78, 5) is 26.1. The molecule has 1 N–H and O–H groups in total. The Balaban J connectivity index is 2.92. The summed E-state index contributed by atoms with van der Waals surface area (Å²) >= 11 is 0. The summed E-state index contributed by atoms with van der Waals surface area (Å²) in [6, 6.07) is 2.48. The van der Waals surface area contributed by atoms with Gasteiger partial charge in [-0.3, -0.25) is 14.9 Å². The van der Waals surface area contributed by atoms with E-state index in [9.17, 15) is 14.9 Å². The van der Waals surface area contributed by atoms with Gasteiger partial charge < -0.3 is 14.7 Å². The number of carboxylic acid groups (broad SMARTS) is 1. The van der Waals surface area contributed by atoms with Crippen molar-refractivity contribution in [3.63, 3.8) is 0 Å². The number of hydrogen-bond donors (Lipinski definition) is 1. The van der Waals surface area contributed by atoms with Gasteiger partial charge in [0.15, 0.2) is 0 Å². The molecule has 0 aliphatic carbocycles. The highest BCUT2D eigenvalue weighted by Gasteiger charge is 2.15. The smallest absolute Gasteiger partial charge is 0.323 e. The van der Waals surface area contributed by atoms with Gasteiger partial charge in [-0.1, -0.05) is 0 Å². The van der Waals surface area contributed by atoms with Gasteiger partial charge in [0.1, 0.15) is 12.4 Å². The van der Waals surface area contributed by atoms with Crippen LogP contribution in [0.25, 0.3) is 0 Å². The van der Waals surface area contributed by atoms with E-state index >= 15 is 0 Å². The van der Waals surface area contributed by atoms with Crippen LogP contribution in [0.2, 0.25) is 0 Å². The summed E-state index contributed by atoms with van der Waals surface area (Å²) < 4.78 is 4.86. The van der Waals surface area contributed by atoms with Gasteiger partial charge in [0, 0.05) is 25.9 Å². The van der Waals surface area contributed by atoms with Crippen molar-refractivity contribution in [2.24, 2.45) is 0 Å². The Morgan fingerprint density at radius 1 is 1.67 bits per heavy atom. The molecule has 8 heteroatoms. The van der Waals surface area contributed by atoms with Gasteiger partial charge in [0.05, 0.1) is 17.6 Å². The normalized spacial score (nSPS) is 10.1. The fraction of sp³-hybridized carbons (Fsp3) is 0.400. The maximum atomic E-state index is 10.7. The van der Waals surface area contributed by atoms with Crippen molar-refractivity contribution in [2.75, 3.05) is 31.7 Å². The molecule has 0 aliphatic heterocycles. The SMILES string of the molecule is COCCN(CC(=O)O)c1cc([N+](=O)[O-])ccn1. The molecule has 0 fully saturated rings. The Bertz CT molecular complexity index is 437. The molecule has 0 amide bonds. The molecule has 0 saturated heterocycles.